The maximum Gasteiger partial charge on any atom is 0.237 e. The van der Waals surface area contributed by atoms with Gasteiger partial charge in [-0.3, -0.25) is 14.4 Å². The van der Waals surface area contributed by atoms with E-state index < -0.39 is 18.0 Å². The monoisotopic (exact) mass is 170 g/mol. The number of carbonyl (C=O) groups is 1. The molecule has 0 aliphatic carbocycles. The van der Waals surface area contributed by atoms with E-state index in [0.717, 1.165) is 0 Å². The van der Waals surface area contributed by atoms with Crippen molar-refractivity contribution in [2.45, 2.75) is 25.4 Å². The average Bonchev–Trinajstić information content (AvgIpc) is 2.03. The standard InChI is InChI=1S/C7H10N2O3/c1-5(8)7(12)9-6(4-11)2-3-10/h5-6H,2,8H2,1H3,(H,9,12)/t5?,6-/m0/s1. The fourth-order valence-corrected chi connectivity index (χ4v) is 0.509. The number of nitrogens with one attached hydrogen (secondary N) is 1. The number of hydrogen-bond donors (Lipinski definition) is 2. The van der Waals surface area contributed by atoms with E-state index in [9.17, 15) is 14.4 Å². The lowest BCUT2D eigenvalue weighted by Crippen LogP contribution is -2.44. The Labute approximate surface area is 70.3 Å². The first-order valence-corrected chi connectivity index (χ1v) is 3.40. The van der Waals surface area contributed by atoms with Crippen molar-refractivity contribution < 1.29 is 14.4 Å². The van der Waals surface area contributed by atoms with E-state index in [1.54, 1.807) is 0 Å². The zero-order chi connectivity index (χ0) is 9.56. The normalized spacial score (nSPS) is 14.5. The summed E-state index contributed by atoms with van der Waals surface area (Å²) in [6, 6.07) is -1.63. The number of amides is 1. The lowest BCUT2D eigenvalue weighted by atomic mass is 10.2. The summed E-state index contributed by atoms with van der Waals surface area (Å²) in [5.41, 5.74) is 5.19. The fraction of sp³-hybridized carbons (Fsp3) is 0.571. The summed E-state index contributed by atoms with van der Waals surface area (Å²) in [6.45, 7) is 1.47. The van der Waals surface area contributed by atoms with Crippen molar-refractivity contribution in [3.8, 4) is 0 Å². The van der Waals surface area contributed by atoms with E-state index in [1.807, 2.05) is 0 Å². The van der Waals surface area contributed by atoms with Crippen molar-refractivity contribution in [1.82, 2.24) is 5.32 Å². The van der Waals surface area contributed by atoms with Gasteiger partial charge in [0.25, 0.3) is 0 Å². The van der Waals surface area contributed by atoms with Gasteiger partial charge in [-0.2, -0.15) is 0 Å². The topological polar surface area (TPSA) is 89.3 Å². The minimum absolute atomic E-state index is 0.192. The second-order valence-electron chi connectivity index (χ2n) is 2.32. The van der Waals surface area contributed by atoms with E-state index in [4.69, 9.17) is 5.73 Å². The molecular weight excluding hydrogens is 160 g/mol. The number of carbonyl (C=O) groups excluding carboxylic acids is 3. The van der Waals surface area contributed by atoms with Gasteiger partial charge in [0.2, 0.25) is 18.5 Å². The molecule has 0 aromatic heterocycles. The minimum atomic E-state index is -0.930. The highest BCUT2D eigenvalue weighted by molar-refractivity contribution is 5.84. The van der Waals surface area contributed by atoms with Crippen LogP contribution in [-0.2, 0) is 14.4 Å². The fourth-order valence-electron chi connectivity index (χ4n) is 0.509. The average molecular weight is 170 g/mol. The van der Waals surface area contributed by atoms with Crippen LogP contribution in [0.25, 0.3) is 0 Å². The predicted octanol–water partition coefficient (Wildman–Crippen LogP) is -1.57. The molecule has 0 rings (SSSR count). The Kier molecular flexibility index (Phi) is 4.87. The lowest BCUT2D eigenvalue weighted by molar-refractivity contribution is -0.122. The summed E-state index contributed by atoms with van der Waals surface area (Å²) in [4.78, 5) is 30.8. The molecule has 0 aromatic rings. The second-order valence-corrected chi connectivity index (χ2v) is 2.32. The molecule has 0 spiro atoms. The van der Waals surface area contributed by atoms with Gasteiger partial charge in [-0.1, -0.05) is 0 Å². The van der Waals surface area contributed by atoms with Crippen LogP contribution >= 0.6 is 0 Å². The molecule has 1 unspecified atom stereocenters. The highest BCUT2D eigenvalue weighted by atomic mass is 16.2. The van der Waals surface area contributed by atoms with Crippen LogP contribution < -0.4 is 11.1 Å². The molecular formula is C7H10N2O3. The molecule has 0 aromatic carbocycles. The third kappa shape index (κ3) is 3.82. The Morgan fingerprint density at radius 2 is 2.17 bits per heavy atom. The van der Waals surface area contributed by atoms with Crippen LogP contribution in [0, 0.1) is 0 Å². The molecule has 0 saturated heterocycles. The highest BCUT2D eigenvalue weighted by Gasteiger charge is 2.14. The molecule has 2 atom stereocenters. The molecule has 3 N–H and O–H groups in total. The van der Waals surface area contributed by atoms with Crippen LogP contribution in [-0.4, -0.2) is 30.6 Å². The lowest BCUT2D eigenvalue weighted by Gasteiger charge is -2.10. The summed E-state index contributed by atoms with van der Waals surface area (Å²) >= 11 is 0. The zero-order valence-electron chi connectivity index (χ0n) is 6.66. The summed E-state index contributed by atoms with van der Waals surface area (Å²) in [5.74, 6) is -0.487. The molecule has 12 heavy (non-hydrogen) atoms. The number of rotatable bonds is 5. The first-order chi connectivity index (χ1) is 5.61. The van der Waals surface area contributed by atoms with E-state index >= 15 is 0 Å². The molecule has 66 valence electrons. The van der Waals surface area contributed by atoms with Gasteiger partial charge < -0.3 is 11.1 Å². The van der Waals surface area contributed by atoms with Gasteiger partial charge in [-0.25, -0.2) is 0 Å². The maximum atomic E-state index is 10.8. The predicted molar refractivity (Wildman–Crippen MR) is 41.6 cm³/mol. The molecule has 5 nitrogen and oxygen atoms in total. The van der Waals surface area contributed by atoms with Crippen LogP contribution in [0.4, 0.5) is 0 Å². The number of nitrogens with two attached hydrogens (primary N) is 1. The first kappa shape index (κ1) is 10.8. The molecule has 0 fully saturated rings. The SMILES string of the molecule is CC(N)C(=O)N[C@H]([C]=O)C[C]=O. The Balaban J connectivity index is 3.93. The van der Waals surface area contributed by atoms with Gasteiger partial charge in [0.05, 0.1) is 6.04 Å². The van der Waals surface area contributed by atoms with Crippen LogP contribution in [0.1, 0.15) is 13.3 Å². The molecule has 0 aliphatic rings. The molecule has 0 saturated carbocycles. The summed E-state index contributed by atoms with van der Waals surface area (Å²) < 4.78 is 0. The Bertz CT molecular complexity index is 179. The van der Waals surface area contributed by atoms with E-state index in [-0.39, 0.29) is 6.42 Å². The highest BCUT2D eigenvalue weighted by Crippen LogP contribution is 1.85. The smallest absolute Gasteiger partial charge is 0.237 e. The summed E-state index contributed by atoms with van der Waals surface area (Å²) in [5, 5.41) is 2.22. The van der Waals surface area contributed by atoms with Gasteiger partial charge in [-0.15, -0.1) is 0 Å². The third-order valence-corrected chi connectivity index (χ3v) is 1.16. The van der Waals surface area contributed by atoms with Crippen LogP contribution in [0.3, 0.4) is 0 Å². The van der Waals surface area contributed by atoms with Crippen molar-refractivity contribution >= 4 is 18.5 Å². The van der Waals surface area contributed by atoms with E-state index in [2.05, 4.69) is 5.32 Å². The molecule has 5 heteroatoms. The van der Waals surface area contributed by atoms with E-state index in [1.165, 1.54) is 19.5 Å². The van der Waals surface area contributed by atoms with Gasteiger partial charge in [0.15, 0.2) is 0 Å². The van der Waals surface area contributed by atoms with Crippen LogP contribution in [0.5, 0.6) is 0 Å². The van der Waals surface area contributed by atoms with Crippen molar-refractivity contribution in [2.75, 3.05) is 0 Å². The van der Waals surface area contributed by atoms with Gasteiger partial charge in [-0.05, 0) is 6.92 Å². The third-order valence-electron chi connectivity index (χ3n) is 1.16. The Morgan fingerprint density at radius 3 is 2.50 bits per heavy atom. The molecule has 0 aliphatic heterocycles. The van der Waals surface area contributed by atoms with Crippen molar-refractivity contribution in [3.63, 3.8) is 0 Å². The van der Waals surface area contributed by atoms with Gasteiger partial charge in [0, 0.05) is 6.42 Å². The quantitative estimate of drug-likeness (QED) is 0.521. The summed E-state index contributed by atoms with van der Waals surface area (Å²) in [7, 11) is 0. The Morgan fingerprint density at radius 1 is 1.58 bits per heavy atom. The minimum Gasteiger partial charge on any atom is -0.344 e. The van der Waals surface area contributed by atoms with Crippen molar-refractivity contribution in [3.05, 3.63) is 0 Å². The number of hydrogen-bond acceptors (Lipinski definition) is 4. The molecule has 0 heterocycles. The van der Waals surface area contributed by atoms with Gasteiger partial charge in [0.1, 0.15) is 6.04 Å². The zero-order valence-corrected chi connectivity index (χ0v) is 6.66. The molecule has 1 amide bonds. The first-order valence-electron chi connectivity index (χ1n) is 3.40. The van der Waals surface area contributed by atoms with E-state index in [0.29, 0.717) is 0 Å². The molecule has 0 bridgehead atoms. The van der Waals surface area contributed by atoms with Gasteiger partial charge >= 0.3 is 0 Å². The van der Waals surface area contributed by atoms with Crippen LogP contribution in [0.15, 0.2) is 0 Å². The van der Waals surface area contributed by atoms with Crippen molar-refractivity contribution in [2.24, 2.45) is 5.73 Å². The largest absolute Gasteiger partial charge is 0.344 e. The Hall–Kier alpha value is -1.23. The van der Waals surface area contributed by atoms with Crippen LogP contribution in [0.2, 0.25) is 0 Å². The van der Waals surface area contributed by atoms with Crippen molar-refractivity contribution in [1.29, 1.82) is 0 Å². The summed E-state index contributed by atoms with van der Waals surface area (Å²) in [6.07, 6.45) is 2.79. The second kappa shape index (κ2) is 5.42. The maximum absolute atomic E-state index is 10.8. The molecule has 2 radical (unpaired) electrons.